The van der Waals surface area contributed by atoms with E-state index >= 15 is 0 Å². The van der Waals surface area contributed by atoms with Crippen LogP contribution in [0.3, 0.4) is 0 Å². The molecule has 0 unspecified atom stereocenters. The summed E-state index contributed by atoms with van der Waals surface area (Å²) in [4.78, 5) is 32.3. The number of pyridine rings is 1. The van der Waals surface area contributed by atoms with Crippen molar-refractivity contribution in [3.05, 3.63) is 46.2 Å². The second-order valence-corrected chi connectivity index (χ2v) is 11.4. The van der Waals surface area contributed by atoms with Crippen LogP contribution >= 0.6 is 0 Å². The molecule has 2 saturated carbocycles. The summed E-state index contributed by atoms with van der Waals surface area (Å²) in [7, 11) is 1.85. The molecule has 36 heavy (non-hydrogen) atoms. The summed E-state index contributed by atoms with van der Waals surface area (Å²) in [5.41, 5.74) is 1.65. The van der Waals surface area contributed by atoms with Crippen molar-refractivity contribution in [1.29, 1.82) is 0 Å². The number of ether oxygens (including phenoxy) is 1. The minimum Gasteiger partial charge on any atom is -0.379 e. The summed E-state index contributed by atoms with van der Waals surface area (Å²) in [6, 6.07) is 10.1. The Kier molecular flexibility index (Phi) is 8.12. The minimum absolute atomic E-state index is 0.0106. The Morgan fingerprint density at radius 1 is 1.00 bits per heavy atom. The number of morpholine rings is 1. The van der Waals surface area contributed by atoms with Crippen LogP contribution < -0.4 is 5.56 Å². The van der Waals surface area contributed by atoms with Crippen LogP contribution in [0.25, 0.3) is 10.9 Å². The molecular formula is C30H43N3O3. The van der Waals surface area contributed by atoms with E-state index in [1.807, 2.05) is 31.3 Å². The summed E-state index contributed by atoms with van der Waals surface area (Å²) >= 11 is 0. The molecule has 0 N–H and O–H groups in total. The number of hydrogen-bond donors (Lipinski definition) is 0. The van der Waals surface area contributed by atoms with Crippen molar-refractivity contribution >= 4 is 16.8 Å². The predicted octanol–water partition coefficient (Wildman–Crippen LogP) is 4.87. The fourth-order valence-corrected chi connectivity index (χ4v) is 6.98. The van der Waals surface area contributed by atoms with Crippen molar-refractivity contribution in [2.24, 2.45) is 13.0 Å². The SMILES string of the molecule is Cn1c(=O)c(CN(CC2(N3CCOCC3)CCCCCC2)C(=O)C2CCCCC2)cc2ccccc21. The lowest BCUT2D eigenvalue weighted by molar-refractivity contribution is -0.140. The first-order valence-corrected chi connectivity index (χ1v) is 14.3. The zero-order chi connectivity index (χ0) is 25.0. The largest absolute Gasteiger partial charge is 0.379 e. The van der Waals surface area contributed by atoms with Crippen molar-refractivity contribution < 1.29 is 9.53 Å². The maximum Gasteiger partial charge on any atom is 0.255 e. The van der Waals surface area contributed by atoms with E-state index in [1.54, 1.807) is 4.57 Å². The third-order valence-corrected chi connectivity index (χ3v) is 9.04. The normalized spacial score (nSPS) is 21.8. The quantitative estimate of drug-likeness (QED) is 0.539. The van der Waals surface area contributed by atoms with Crippen LogP contribution in [0, 0.1) is 5.92 Å². The highest BCUT2D eigenvalue weighted by atomic mass is 16.5. The topological polar surface area (TPSA) is 54.8 Å². The van der Waals surface area contributed by atoms with E-state index in [1.165, 1.54) is 32.1 Å². The van der Waals surface area contributed by atoms with E-state index in [-0.39, 0.29) is 22.9 Å². The van der Waals surface area contributed by atoms with Gasteiger partial charge in [-0.2, -0.15) is 0 Å². The number of amides is 1. The minimum atomic E-state index is -0.0211. The van der Waals surface area contributed by atoms with Crippen molar-refractivity contribution in [1.82, 2.24) is 14.4 Å². The van der Waals surface area contributed by atoms with Gasteiger partial charge in [0.1, 0.15) is 0 Å². The van der Waals surface area contributed by atoms with E-state index < -0.39 is 0 Å². The van der Waals surface area contributed by atoms with E-state index in [9.17, 15) is 9.59 Å². The monoisotopic (exact) mass is 493 g/mol. The molecule has 3 aliphatic rings. The molecule has 196 valence electrons. The van der Waals surface area contributed by atoms with Crippen LogP contribution in [0.1, 0.15) is 76.2 Å². The van der Waals surface area contributed by atoms with Gasteiger partial charge >= 0.3 is 0 Å². The molecule has 1 aliphatic heterocycles. The van der Waals surface area contributed by atoms with Gasteiger partial charge in [0.2, 0.25) is 5.91 Å². The first-order chi connectivity index (χ1) is 17.6. The van der Waals surface area contributed by atoms with E-state index in [0.29, 0.717) is 6.54 Å². The molecule has 1 saturated heterocycles. The Balaban J connectivity index is 1.50. The Morgan fingerprint density at radius 3 is 2.39 bits per heavy atom. The van der Waals surface area contributed by atoms with Gasteiger partial charge in [0, 0.05) is 43.7 Å². The first-order valence-electron chi connectivity index (χ1n) is 14.3. The number of rotatable bonds is 6. The number of fused-ring (bicyclic) bond motifs is 1. The Labute approximate surface area is 215 Å². The molecule has 0 radical (unpaired) electrons. The number of benzene rings is 1. The van der Waals surface area contributed by atoms with Crippen LogP contribution in [0.15, 0.2) is 35.1 Å². The molecular weight excluding hydrogens is 450 g/mol. The average molecular weight is 494 g/mol. The van der Waals surface area contributed by atoms with Gasteiger partial charge in [0.15, 0.2) is 0 Å². The van der Waals surface area contributed by atoms with Crippen LogP contribution in [0.4, 0.5) is 0 Å². The van der Waals surface area contributed by atoms with Crippen molar-refractivity contribution in [3.8, 4) is 0 Å². The fraction of sp³-hybridized carbons (Fsp3) is 0.667. The third-order valence-electron chi connectivity index (χ3n) is 9.04. The van der Waals surface area contributed by atoms with Crippen LogP contribution in [-0.2, 0) is 23.1 Å². The molecule has 5 rings (SSSR count). The number of carbonyl (C=O) groups is 1. The Hall–Kier alpha value is -2.18. The van der Waals surface area contributed by atoms with Crippen LogP contribution in [0.2, 0.25) is 0 Å². The van der Waals surface area contributed by atoms with Crippen LogP contribution in [-0.4, -0.2) is 58.7 Å². The second-order valence-electron chi connectivity index (χ2n) is 11.4. The van der Waals surface area contributed by atoms with Crippen LogP contribution in [0.5, 0.6) is 0 Å². The van der Waals surface area contributed by atoms with Crippen molar-refractivity contribution in [2.75, 3.05) is 32.8 Å². The molecule has 2 aliphatic carbocycles. The second kappa shape index (κ2) is 11.5. The molecule has 1 aromatic heterocycles. The molecule has 0 atom stereocenters. The highest BCUT2D eigenvalue weighted by Gasteiger charge is 2.41. The smallest absolute Gasteiger partial charge is 0.255 e. The molecule has 0 bridgehead atoms. The first kappa shape index (κ1) is 25.5. The Bertz CT molecular complexity index is 1090. The summed E-state index contributed by atoms with van der Waals surface area (Å²) in [5, 5.41) is 1.05. The van der Waals surface area contributed by atoms with Crippen molar-refractivity contribution in [2.45, 2.75) is 82.7 Å². The summed E-state index contributed by atoms with van der Waals surface area (Å²) in [6.07, 6.45) is 12.7. The fourth-order valence-electron chi connectivity index (χ4n) is 6.98. The van der Waals surface area contributed by atoms with Gasteiger partial charge in [-0.15, -0.1) is 0 Å². The number of aromatic nitrogens is 1. The van der Waals surface area contributed by atoms with E-state index in [2.05, 4.69) is 15.9 Å². The average Bonchev–Trinajstić information content (AvgIpc) is 3.18. The lowest BCUT2D eigenvalue weighted by Crippen LogP contribution is -2.60. The number of hydrogen-bond acceptors (Lipinski definition) is 4. The third kappa shape index (κ3) is 5.40. The van der Waals surface area contributed by atoms with E-state index in [0.717, 1.165) is 87.8 Å². The molecule has 1 aromatic carbocycles. The lowest BCUT2D eigenvalue weighted by atomic mass is 9.84. The highest BCUT2D eigenvalue weighted by molar-refractivity contribution is 5.81. The van der Waals surface area contributed by atoms with Gasteiger partial charge in [-0.3, -0.25) is 14.5 Å². The van der Waals surface area contributed by atoms with Gasteiger partial charge in [0.25, 0.3) is 5.56 Å². The summed E-state index contributed by atoms with van der Waals surface area (Å²) in [5.74, 6) is 0.359. The van der Waals surface area contributed by atoms with E-state index in [4.69, 9.17) is 4.74 Å². The zero-order valence-corrected chi connectivity index (χ0v) is 22.1. The van der Waals surface area contributed by atoms with Gasteiger partial charge in [-0.05, 0) is 43.2 Å². The van der Waals surface area contributed by atoms with Gasteiger partial charge in [-0.1, -0.05) is 63.1 Å². The van der Waals surface area contributed by atoms with Gasteiger partial charge in [0.05, 0.1) is 25.3 Å². The molecule has 0 spiro atoms. The summed E-state index contributed by atoms with van der Waals surface area (Å²) in [6.45, 7) is 4.52. The number of carbonyl (C=O) groups excluding carboxylic acids is 1. The van der Waals surface area contributed by atoms with Crippen molar-refractivity contribution in [3.63, 3.8) is 0 Å². The lowest BCUT2D eigenvalue weighted by Gasteiger charge is -2.48. The maximum atomic E-state index is 14.1. The highest BCUT2D eigenvalue weighted by Crippen LogP contribution is 2.36. The molecule has 2 aromatic rings. The predicted molar refractivity (Wildman–Crippen MR) is 144 cm³/mol. The summed E-state index contributed by atoms with van der Waals surface area (Å²) < 4.78 is 7.46. The Morgan fingerprint density at radius 2 is 1.67 bits per heavy atom. The standard InChI is InChI=1S/C30H43N3O3/c1-31-27-14-8-7-13-25(27)21-26(28(31)34)22-32(29(35)24-11-5-4-6-12-24)23-30(15-9-2-3-10-16-30)33-17-19-36-20-18-33/h7-8,13-14,21,24H,2-6,9-12,15-20,22-23H2,1H3. The molecule has 1 amide bonds. The molecule has 3 fully saturated rings. The maximum absolute atomic E-state index is 14.1. The number of nitrogens with zero attached hydrogens (tertiary/aromatic N) is 3. The zero-order valence-electron chi connectivity index (χ0n) is 22.1. The van der Waals surface area contributed by atoms with Gasteiger partial charge < -0.3 is 14.2 Å². The molecule has 2 heterocycles. The number of para-hydroxylation sites is 1. The molecule has 6 heteroatoms. The number of aryl methyl sites for hydroxylation is 1. The van der Waals surface area contributed by atoms with Gasteiger partial charge in [-0.25, -0.2) is 0 Å². The molecule has 6 nitrogen and oxygen atoms in total.